The van der Waals surface area contributed by atoms with Crippen LogP contribution in [0.15, 0.2) is 54.3 Å². The molecule has 0 aromatic heterocycles. The van der Waals surface area contributed by atoms with Crippen molar-refractivity contribution in [2.24, 2.45) is 0 Å². The van der Waals surface area contributed by atoms with E-state index >= 15 is 0 Å². The molecular formula is C18H14O5. The van der Waals surface area contributed by atoms with Crippen LogP contribution in [0.25, 0.3) is 6.08 Å². The van der Waals surface area contributed by atoms with Crippen LogP contribution in [0.1, 0.15) is 15.9 Å². The molecule has 116 valence electrons. The van der Waals surface area contributed by atoms with Crippen molar-refractivity contribution in [3.63, 3.8) is 0 Å². The zero-order chi connectivity index (χ0) is 16.2. The van der Waals surface area contributed by atoms with Crippen molar-refractivity contribution in [2.75, 3.05) is 13.7 Å². The Balaban J connectivity index is 1.80. The van der Waals surface area contributed by atoms with E-state index in [1.54, 1.807) is 24.3 Å². The van der Waals surface area contributed by atoms with E-state index < -0.39 is 5.97 Å². The number of benzene rings is 2. The Morgan fingerprint density at radius 1 is 1.17 bits per heavy atom. The van der Waals surface area contributed by atoms with Gasteiger partial charge in [-0.05, 0) is 23.8 Å². The molecule has 0 aliphatic carbocycles. The number of hydrogen-bond donors (Lipinski definition) is 0. The number of fused-ring (bicyclic) bond motifs is 1. The minimum absolute atomic E-state index is 0.177. The van der Waals surface area contributed by atoms with Gasteiger partial charge in [-0.15, -0.1) is 0 Å². The predicted octanol–water partition coefficient (Wildman–Crippen LogP) is 2.85. The van der Waals surface area contributed by atoms with Crippen LogP contribution >= 0.6 is 0 Å². The first-order chi connectivity index (χ1) is 11.2. The number of Topliss-reactive ketones (excluding diaryl/α,β-unsaturated/α-hetero) is 1. The van der Waals surface area contributed by atoms with E-state index in [1.807, 2.05) is 30.3 Å². The average molecular weight is 310 g/mol. The van der Waals surface area contributed by atoms with E-state index in [9.17, 15) is 9.59 Å². The highest BCUT2D eigenvalue weighted by Gasteiger charge is 2.27. The van der Waals surface area contributed by atoms with Crippen LogP contribution in [-0.2, 0) is 9.53 Å². The highest BCUT2D eigenvalue weighted by atomic mass is 16.6. The molecule has 0 bridgehead atoms. The fourth-order valence-corrected chi connectivity index (χ4v) is 2.16. The van der Waals surface area contributed by atoms with Crippen LogP contribution in [0.4, 0.5) is 0 Å². The van der Waals surface area contributed by atoms with E-state index in [-0.39, 0.29) is 18.1 Å². The fraction of sp³-hybridized carbons (Fsp3) is 0.111. The SMILES string of the molecule is COC(=O)COc1ccc2c(c1)O/C(=C\c1ccccc1)C2=O. The third-order valence-electron chi connectivity index (χ3n) is 3.32. The molecule has 1 aliphatic rings. The fourth-order valence-electron chi connectivity index (χ4n) is 2.16. The van der Waals surface area contributed by atoms with Crippen molar-refractivity contribution in [3.05, 3.63) is 65.4 Å². The molecule has 0 fully saturated rings. The van der Waals surface area contributed by atoms with E-state index in [1.165, 1.54) is 7.11 Å². The Kier molecular flexibility index (Phi) is 4.10. The van der Waals surface area contributed by atoms with Gasteiger partial charge in [0.1, 0.15) is 11.5 Å². The molecule has 0 spiro atoms. The molecule has 0 amide bonds. The summed E-state index contributed by atoms with van der Waals surface area (Å²) in [7, 11) is 1.29. The van der Waals surface area contributed by atoms with Crippen molar-refractivity contribution in [1.82, 2.24) is 0 Å². The summed E-state index contributed by atoms with van der Waals surface area (Å²) in [4.78, 5) is 23.4. The van der Waals surface area contributed by atoms with Gasteiger partial charge in [-0.3, -0.25) is 4.79 Å². The Hall–Kier alpha value is -3.08. The Morgan fingerprint density at radius 3 is 2.70 bits per heavy atom. The zero-order valence-corrected chi connectivity index (χ0v) is 12.4. The summed E-state index contributed by atoms with van der Waals surface area (Å²) < 4.78 is 15.4. The first-order valence-corrected chi connectivity index (χ1v) is 7.00. The van der Waals surface area contributed by atoms with Crippen LogP contribution < -0.4 is 9.47 Å². The first-order valence-electron chi connectivity index (χ1n) is 7.00. The molecule has 1 heterocycles. The van der Waals surface area contributed by atoms with E-state index in [0.29, 0.717) is 17.1 Å². The summed E-state index contributed by atoms with van der Waals surface area (Å²) in [6.45, 7) is -0.198. The van der Waals surface area contributed by atoms with Crippen LogP contribution in [0.2, 0.25) is 0 Å². The van der Waals surface area contributed by atoms with Crippen LogP contribution in [0, 0.1) is 0 Å². The molecule has 23 heavy (non-hydrogen) atoms. The first kappa shape index (κ1) is 14.8. The maximum Gasteiger partial charge on any atom is 0.343 e. The molecule has 3 rings (SSSR count). The third-order valence-corrected chi connectivity index (χ3v) is 3.32. The molecule has 0 unspecified atom stereocenters. The molecule has 0 saturated heterocycles. The molecule has 0 radical (unpaired) electrons. The second-order valence-electron chi connectivity index (χ2n) is 4.87. The number of ether oxygens (including phenoxy) is 3. The topological polar surface area (TPSA) is 61.8 Å². The van der Waals surface area contributed by atoms with Gasteiger partial charge < -0.3 is 14.2 Å². The van der Waals surface area contributed by atoms with Crippen molar-refractivity contribution in [2.45, 2.75) is 0 Å². The minimum Gasteiger partial charge on any atom is -0.482 e. The number of methoxy groups -OCH3 is 1. The van der Waals surface area contributed by atoms with Crippen molar-refractivity contribution < 1.29 is 23.8 Å². The third kappa shape index (κ3) is 3.23. The highest BCUT2D eigenvalue weighted by molar-refractivity contribution is 6.14. The lowest BCUT2D eigenvalue weighted by Crippen LogP contribution is -2.12. The lowest BCUT2D eigenvalue weighted by atomic mass is 10.1. The smallest absolute Gasteiger partial charge is 0.343 e. The molecule has 0 saturated carbocycles. The number of rotatable bonds is 4. The Labute approximate surface area is 133 Å². The van der Waals surface area contributed by atoms with Gasteiger partial charge in [0.25, 0.3) is 0 Å². The maximum atomic E-state index is 12.3. The second-order valence-corrected chi connectivity index (χ2v) is 4.87. The number of esters is 1. The second kappa shape index (κ2) is 6.36. The summed E-state index contributed by atoms with van der Waals surface area (Å²) in [6.07, 6.45) is 1.69. The normalized spacial score (nSPS) is 14.3. The molecule has 0 N–H and O–H groups in total. The van der Waals surface area contributed by atoms with E-state index in [2.05, 4.69) is 4.74 Å². The molecular weight excluding hydrogens is 296 g/mol. The summed E-state index contributed by atoms with van der Waals surface area (Å²) in [5, 5.41) is 0. The van der Waals surface area contributed by atoms with Crippen LogP contribution in [0.5, 0.6) is 11.5 Å². The monoisotopic (exact) mass is 310 g/mol. The van der Waals surface area contributed by atoms with Gasteiger partial charge in [0.15, 0.2) is 12.4 Å². The number of carbonyl (C=O) groups is 2. The summed E-state index contributed by atoms with van der Waals surface area (Å²) in [5.41, 5.74) is 1.35. The number of ketones is 1. The van der Waals surface area contributed by atoms with Crippen molar-refractivity contribution in [3.8, 4) is 11.5 Å². The van der Waals surface area contributed by atoms with Gasteiger partial charge in [-0.2, -0.15) is 0 Å². The number of hydrogen-bond acceptors (Lipinski definition) is 5. The maximum absolute atomic E-state index is 12.3. The number of allylic oxidation sites excluding steroid dienone is 1. The van der Waals surface area contributed by atoms with Gasteiger partial charge in [-0.1, -0.05) is 30.3 Å². The molecule has 0 atom stereocenters. The Morgan fingerprint density at radius 2 is 1.96 bits per heavy atom. The average Bonchev–Trinajstić information content (AvgIpc) is 2.89. The lowest BCUT2D eigenvalue weighted by molar-refractivity contribution is -0.142. The van der Waals surface area contributed by atoms with Gasteiger partial charge in [0, 0.05) is 6.07 Å². The van der Waals surface area contributed by atoms with Crippen molar-refractivity contribution >= 4 is 17.8 Å². The molecule has 5 heteroatoms. The largest absolute Gasteiger partial charge is 0.482 e. The zero-order valence-electron chi connectivity index (χ0n) is 12.4. The number of carbonyl (C=O) groups excluding carboxylic acids is 2. The summed E-state index contributed by atoms with van der Waals surface area (Å²) in [5.74, 6) is 0.453. The van der Waals surface area contributed by atoms with Crippen molar-refractivity contribution in [1.29, 1.82) is 0 Å². The van der Waals surface area contributed by atoms with Gasteiger partial charge in [0.2, 0.25) is 5.78 Å². The van der Waals surface area contributed by atoms with Crippen LogP contribution in [0.3, 0.4) is 0 Å². The van der Waals surface area contributed by atoms with Gasteiger partial charge >= 0.3 is 5.97 Å². The quantitative estimate of drug-likeness (QED) is 0.642. The highest BCUT2D eigenvalue weighted by Crippen LogP contribution is 2.34. The predicted molar refractivity (Wildman–Crippen MR) is 83.3 cm³/mol. The van der Waals surface area contributed by atoms with Crippen LogP contribution in [-0.4, -0.2) is 25.5 Å². The van der Waals surface area contributed by atoms with E-state index in [4.69, 9.17) is 9.47 Å². The lowest BCUT2D eigenvalue weighted by Gasteiger charge is -2.05. The molecule has 5 nitrogen and oxygen atoms in total. The van der Waals surface area contributed by atoms with Gasteiger partial charge in [0.05, 0.1) is 12.7 Å². The van der Waals surface area contributed by atoms with Gasteiger partial charge in [-0.25, -0.2) is 4.79 Å². The Bertz CT molecular complexity index is 777. The van der Waals surface area contributed by atoms with E-state index in [0.717, 1.165) is 5.56 Å². The molecule has 2 aromatic rings. The molecule has 1 aliphatic heterocycles. The standard InChI is InChI=1S/C18H14O5/c1-21-17(19)11-22-13-7-8-14-15(10-13)23-16(18(14)20)9-12-5-3-2-4-6-12/h2-10H,11H2,1H3/b16-9-. The summed E-state index contributed by atoms with van der Waals surface area (Å²) in [6, 6.07) is 14.3. The molecule has 2 aromatic carbocycles. The minimum atomic E-state index is -0.479. The summed E-state index contributed by atoms with van der Waals surface area (Å²) >= 11 is 0.